The van der Waals surface area contributed by atoms with E-state index in [9.17, 15) is 0 Å². The third-order valence-corrected chi connectivity index (χ3v) is 15.3. The van der Waals surface area contributed by atoms with Crippen molar-refractivity contribution in [3.05, 3.63) is 0 Å². The molecule has 0 aromatic heterocycles. The zero-order valence-corrected chi connectivity index (χ0v) is 44.8. The summed E-state index contributed by atoms with van der Waals surface area (Å²) >= 11 is 0. The molecule has 0 aliphatic heterocycles. The second kappa shape index (κ2) is 57.1. The molecule has 0 rings (SSSR count). The molecule has 0 saturated heterocycles. The van der Waals surface area contributed by atoms with Gasteiger partial charge in [0.25, 0.3) is 0 Å². The Hall–Kier alpha value is 0. The molecule has 0 N–H and O–H groups in total. The van der Waals surface area contributed by atoms with Crippen LogP contribution in [-0.2, 0) is 0 Å². The van der Waals surface area contributed by atoms with Gasteiger partial charge in [-0.3, -0.25) is 0 Å². The molecule has 0 saturated carbocycles. The lowest BCUT2D eigenvalue weighted by atomic mass is 9.86. The Bertz CT molecular complexity index is 620. The lowest BCUT2D eigenvalue weighted by Crippen LogP contribution is -2.04. The van der Waals surface area contributed by atoms with Crippen LogP contribution in [0.4, 0.5) is 0 Å². The summed E-state index contributed by atoms with van der Waals surface area (Å²) in [5, 5.41) is 0. The summed E-state index contributed by atoms with van der Waals surface area (Å²) < 4.78 is 0. The van der Waals surface area contributed by atoms with Crippen molar-refractivity contribution < 1.29 is 0 Å². The molecule has 0 atom stereocenters. The van der Waals surface area contributed by atoms with Crippen molar-refractivity contribution in [3.8, 4) is 0 Å². The Morgan fingerprint density at radius 1 is 0.129 bits per heavy atom. The molecule has 0 fully saturated rings. The van der Waals surface area contributed by atoms with E-state index in [-0.39, 0.29) is 0 Å². The van der Waals surface area contributed by atoms with E-state index < -0.39 is 0 Å². The molecular weight excluding hydrogens is 745 g/mol. The third kappa shape index (κ3) is 52.6. The zero-order valence-electron chi connectivity index (χ0n) is 44.8. The molecule has 0 bridgehead atoms. The van der Waals surface area contributed by atoms with Gasteiger partial charge < -0.3 is 0 Å². The van der Waals surface area contributed by atoms with Crippen molar-refractivity contribution in [1.29, 1.82) is 0 Å². The average molecular weight is 872 g/mol. The van der Waals surface area contributed by atoms with Crippen molar-refractivity contribution in [3.63, 3.8) is 0 Å². The molecule has 0 heterocycles. The van der Waals surface area contributed by atoms with E-state index in [1.807, 2.05) is 0 Å². The summed E-state index contributed by atoms with van der Waals surface area (Å²) in [6, 6.07) is 0. The van der Waals surface area contributed by atoms with Gasteiger partial charge in [-0.05, 0) is 11.8 Å². The Labute approximate surface area is 397 Å². The van der Waals surface area contributed by atoms with Crippen LogP contribution in [0.15, 0.2) is 0 Å². The highest BCUT2D eigenvalue weighted by atomic mass is 14.2. The minimum absolute atomic E-state index is 1.02. The molecule has 0 amide bonds. The van der Waals surface area contributed by atoms with Crippen LogP contribution in [0.5, 0.6) is 0 Å². The third-order valence-electron chi connectivity index (χ3n) is 15.3. The van der Waals surface area contributed by atoms with E-state index in [0.29, 0.717) is 0 Å². The maximum Gasteiger partial charge on any atom is -0.0414 e. The van der Waals surface area contributed by atoms with E-state index >= 15 is 0 Å². The maximum atomic E-state index is 2.33. The van der Waals surface area contributed by atoms with Crippen LogP contribution in [0, 0.1) is 11.8 Å². The van der Waals surface area contributed by atoms with Gasteiger partial charge >= 0.3 is 0 Å². The zero-order chi connectivity index (χ0) is 44.8. The smallest absolute Gasteiger partial charge is 0.0414 e. The predicted octanol–water partition coefficient (Wildman–Crippen LogP) is 24.1. The van der Waals surface area contributed by atoms with Crippen LogP contribution >= 0.6 is 0 Å². The molecule has 62 heavy (non-hydrogen) atoms. The summed E-state index contributed by atoms with van der Waals surface area (Å²) in [7, 11) is 0. The van der Waals surface area contributed by atoms with E-state index in [4.69, 9.17) is 0 Å². The first-order valence-electron chi connectivity index (χ1n) is 30.8. The van der Waals surface area contributed by atoms with Crippen molar-refractivity contribution in [1.82, 2.24) is 0 Å². The summed E-state index contributed by atoms with van der Waals surface area (Å²) in [6.07, 6.45) is 83.3. The second-order valence-electron chi connectivity index (χ2n) is 21.7. The SMILES string of the molecule is CCCCCCCCCCCCCCC(CCCCCCCCCCCCCC)CCCCC(CCCCCCCCCCCCCC)CCCCCCCCCCCCCC. The highest BCUT2D eigenvalue weighted by Crippen LogP contribution is 2.28. The molecule has 0 nitrogen and oxygen atoms in total. The Morgan fingerprint density at radius 2 is 0.226 bits per heavy atom. The van der Waals surface area contributed by atoms with Gasteiger partial charge in [-0.2, -0.15) is 0 Å². The van der Waals surface area contributed by atoms with Gasteiger partial charge in [0.15, 0.2) is 0 Å². The maximum absolute atomic E-state index is 2.33. The van der Waals surface area contributed by atoms with Crippen molar-refractivity contribution in [2.24, 2.45) is 11.8 Å². The standard InChI is InChI=1S/C62H126/c1-5-9-13-17-21-25-29-33-37-41-45-49-55-61(56-50-46-42-38-34-30-26-22-18-14-10-6-2)59-53-54-60-62(57-51-47-43-39-35-31-27-23-19-15-11-7-3)58-52-48-44-40-36-32-28-24-20-16-12-8-4/h61-62H,5-60H2,1-4H3. The molecule has 0 aliphatic carbocycles. The Morgan fingerprint density at radius 3 is 0.355 bits per heavy atom. The average Bonchev–Trinajstić information content (AvgIpc) is 3.28. The van der Waals surface area contributed by atoms with Gasteiger partial charge in [-0.25, -0.2) is 0 Å². The molecule has 374 valence electrons. The van der Waals surface area contributed by atoms with Gasteiger partial charge in [0, 0.05) is 0 Å². The summed E-state index contributed by atoms with van der Waals surface area (Å²) in [5.41, 5.74) is 0. The molecule has 0 spiro atoms. The van der Waals surface area contributed by atoms with Crippen molar-refractivity contribution in [2.75, 3.05) is 0 Å². The number of unbranched alkanes of at least 4 members (excludes halogenated alkanes) is 45. The molecular formula is C62H126. The predicted molar refractivity (Wildman–Crippen MR) is 288 cm³/mol. The monoisotopic (exact) mass is 871 g/mol. The highest BCUT2D eigenvalue weighted by molar-refractivity contribution is 4.66. The first-order valence-corrected chi connectivity index (χ1v) is 30.8. The molecule has 0 heteroatoms. The molecule has 0 aliphatic rings. The van der Waals surface area contributed by atoms with E-state index in [0.717, 1.165) is 11.8 Å². The van der Waals surface area contributed by atoms with Crippen LogP contribution in [0.1, 0.15) is 387 Å². The van der Waals surface area contributed by atoms with Crippen LogP contribution in [0.2, 0.25) is 0 Å². The summed E-state index contributed by atoms with van der Waals surface area (Å²) in [4.78, 5) is 0. The normalized spacial score (nSPS) is 11.9. The van der Waals surface area contributed by atoms with Crippen molar-refractivity contribution in [2.45, 2.75) is 387 Å². The first-order chi connectivity index (χ1) is 30.8. The number of hydrogen-bond acceptors (Lipinski definition) is 0. The molecule has 0 radical (unpaired) electrons. The lowest BCUT2D eigenvalue weighted by Gasteiger charge is -2.20. The van der Waals surface area contributed by atoms with Crippen LogP contribution in [0.25, 0.3) is 0 Å². The second-order valence-corrected chi connectivity index (χ2v) is 21.7. The van der Waals surface area contributed by atoms with Gasteiger partial charge in [0.05, 0.1) is 0 Å². The molecule has 0 aromatic rings. The summed E-state index contributed by atoms with van der Waals surface area (Å²) in [6.45, 7) is 9.33. The Kier molecular flexibility index (Phi) is 57.1. The fourth-order valence-electron chi connectivity index (χ4n) is 10.8. The van der Waals surface area contributed by atoms with Crippen molar-refractivity contribution >= 4 is 0 Å². The van der Waals surface area contributed by atoms with Gasteiger partial charge in [0.2, 0.25) is 0 Å². The largest absolute Gasteiger partial charge is 0.0654 e. The fraction of sp³-hybridized carbons (Fsp3) is 1.00. The Balaban J connectivity index is 4.65. The first kappa shape index (κ1) is 62.0. The van der Waals surface area contributed by atoms with Crippen LogP contribution < -0.4 is 0 Å². The molecule has 0 aromatic carbocycles. The van der Waals surface area contributed by atoms with Crippen LogP contribution in [-0.4, -0.2) is 0 Å². The number of rotatable bonds is 57. The van der Waals surface area contributed by atoms with Gasteiger partial charge in [0.1, 0.15) is 0 Å². The van der Waals surface area contributed by atoms with E-state index in [1.54, 1.807) is 12.8 Å². The van der Waals surface area contributed by atoms with E-state index in [2.05, 4.69) is 27.7 Å². The topological polar surface area (TPSA) is 0 Å². The molecule has 0 unspecified atom stereocenters. The quantitative estimate of drug-likeness (QED) is 0.0534. The number of hydrogen-bond donors (Lipinski definition) is 0. The summed E-state index contributed by atoms with van der Waals surface area (Å²) in [5.74, 6) is 2.04. The fourth-order valence-corrected chi connectivity index (χ4v) is 10.8. The highest BCUT2D eigenvalue weighted by Gasteiger charge is 2.12. The lowest BCUT2D eigenvalue weighted by molar-refractivity contribution is 0.337. The van der Waals surface area contributed by atoms with Crippen LogP contribution in [0.3, 0.4) is 0 Å². The minimum Gasteiger partial charge on any atom is -0.0654 e. The minimum atomic E-state index is 1.02. The van der Waals surface area contributed by atoms with E-state index in [1.165, 1.54) is 347 Å². The van der Waals surface area contributed by atoms with Gasteiger partial charge in [-0.15, -0.1) is 0 Å². The van der Waals surface area contributed by atoms with Gasteiger partial charge in [-0.1, -0.05) is 387 Å².